The first-order valence-electron chi connectivity index (χ1n) is 6.84. The lowest BCUT2D eigenvalue weighted by Crippen LogP contribution is -2.29. The Kier molecular flexibility index (Phi) is 6.75. The minimum Gasteiger partial charge on any atom is -0.377 e. The van der Waals surface area contributed by atoms with Crippen molar-refractivity contribution in [2.24, 2.45) is 11.8 Å². The number of Topliss-reactive ketones (excluding diaryl/α,β-unsaturated/α-hetero) is 1. The fourth-order valence-electron chi connectivity index (χ4n) is 2.73. The number of ketones is 1. The van der Waals surface area contributed by atoms with Crippen molar-refractivity contribution in [1.29, 1.82) is 0 Å². The van der Waals surface area contributed by atoms with Gasteiger partial charge in [0.05, 0.1) is 0 Å². The Hall–Kier alpha value is -0.410. The van der Waals surface area contributed by atoms with Gasteiger partial charge in [-0.05, 0) is 51.1 Å². The fraction of sp³-hybridized carbons (Fsp3) is 0.929. The summed E-state index contributed by atoms with van der Waals surface area (Å²) in [5, 5.41) is 0. The second kappa shape index (κ2) is 7.83. The third-order valence-corrected chi connectivity index (χ3v) is 3.90. The Balaban J connectivity index is 2.19. The van der Waals surface area contributed by atoms with E-state index in [1.165, 1.54) is 32.2 Å². The molecule has 3 nitrogen and oxygen atoms in total. The molecule has 0 spiro atoms. The molecule has 0 aromatic rings. The summed E-state index contributed by atoms with van der Waals surface area (Å²) in [6.45, 7) is 4.84. The fourth-order valence-corrected chi connectivity index (χ4v) is 2.73. The van der Waals surface area contributed by atoms with Crippen molar-refractivity contribution in [3.63, 3.8) is 0 Å². The minimum absolute atomic E-state index is 0.265. The molecule has 0 amide bonds. The quantitative estimate of drug-likeness (QED) is 0.685. The maximum absolute atomic E-state index is 11.5. The van der Waals surface area contributed by atoms with Crippen LogP contribution in [0.15, 0.2) is 0 Å². The van der Waals surface area contributed by atoms with Gasteiger partial charge >= 0.3 is 0 Å². The number of carbonyl (C=O) groups excluding carboxylic acids is 1. The van der Waals surface area contributed by atoms with Crippen molar-refractivity contribution >= 4 is 5.78 Å². The molecule has 100 valence electrons. The largest absolute Gasteiger partial charge is 0.377 e. The highest BCUT2D eigenvalue weighted by Gasteiger charge is 2.23. The van der Waals surface area contributed by atoms with E-state index >= 15 is 0 Å². The molecule has 0 bridgehead atoms. The highest BCUT2D eigenvalue weighted by molar-refractivity contribution is 5.79. The van der Waals surface area contributed by atoms with E-state index in [0.717, 1.165) is 18.9 Å². The molecule has 0 radical (unpaired) electrons. The smallest absolute Gasteiger partial charge is 0.158 e. The van der Waals surface area contributed by atoms with Gasteiger partial charge in [-0.2, -0.15) is 0 Å². The molecule has 0 aromatic carbocycles. The van der Waals surface area contributed by atoms with Gasteiger partial charge in [0.25, 0.3) is 0 Å². The molecule has 0 unspecified atom stereocenters. The predicted molar refractivity (Wildman–Crippen MR) is 70.1 cm³/mol. The molecule has 1 saturated carbocycles. The number of methoxy groups -OCH3 is 1. The Bertz CT molecular complexity index is 222. The first kappa shape index (κ1) is 14.7. The molecule has 1 aliphatic carbocycles. The Labute approximate surface area is 106 Å². The van der Waals surface area contributed by atoms with Crippen molar-refractivity contribution in [3.8, 4) is 0 Å². The Morgan fingerprint density at radius 1 is 1.24 bits per heavy atom. The van der Waals surface area contributed by atoms with Crippen molar-refractivity contribution in [3.05, 3.63) is 0 Å². The number of hydrogen-bond acceptors (Lipinski definition) is 3. The van der Waals surface area contributed by atoms with E-state index in [9.17, 15) is 4.79 Å². The number of carbonyl (C=O) groups is 1. The molecule has 0 saturated heterocycles. The van der Waals surface area contributed by atoms with Crippen LogP contribution in [0, 0.1) is 11.8 Å². The van der Waals surface area contributed by atoms with Crippen molar-refractivity contribution < 1.29 is 9.53 Å². The van der Waals surface area contributed by atoms with E-state index in [0.29, 0.717) is 12.5 Å². The first-order chi connectivity index (χ1) is 8.15. The second-order valence-corrected chi connectivity index (χ2v) is 5.42. The number of ether oxygens (including phenoxy) is 1. The molecular formula is C14H27NO2. The van der Waals surface area contributed by atoms with Gasteiger partial charge in [-0.25, -0.2) is 0 Å². The van der Waals surface area contributed by atoms with Crippen LogP contribution >= 0.6 is 0 Å². The third-order valence-electron chi connectivity index (χ3n) is 3.90. The molecule has 3 heteroatoms. The van der Waals surface area contributed by atoms with Gasteiger partial charge in [-0.3, -0.25) is 4.79 Å². The summed E-state index contributed by atoms with van der Waals surface area (Å²) in [6.07, 6.45) is 5.74. The van der Waals surface area contributed by atoms with Gasteiger partial charge in [0.1, 0.15) is 6.61 Å². The molecule has 0 heterocycles. The number of hydrogen-bond donors (Lipinski definition) is 0. The minimum atomic E-state index is 0.265. The van der Waals surface area contributed by atoms with E-state index < -0.39 is 0 Å². The third kappa shape index (κ3) is 5.64. The van der Waals surface area contributed by atoms with Crippen LogP contribution in [0.5, 0.6) is 0 Å². The summed E-state index contributed by atoms with van der Waals surface area (Å²) in [7, 11) is 3.78. The zero-order valence-corrected chi connectivity index (χ0v) is 11.6. The van der Waals surface area contributed by atoms with Gasteiger partial charge in [0.2, 0.25) is 0 Å². The average molecular weight is 241 g/mol. The van der Waals surface area contributed by atoms with Crippen LogP contribution in [0.2, 0.25) is 0 Å². The van der Waals surface area contributed by atoms with Crippen LogP contribution in [0.3, 0.4) is 0 Å². The molecule has 0 N–H and O–H groups in total. The summed E-state index contributed by atoms with van der Waals surface area (Å²) in [5.74, 6) is 1.72. The van der Waals surface area contributed by atoms with Gasteiger partial charge in [-0.1, -0.05) is 6.92 Å². The average Bonchev–Trinajstić information content (AvgIpc) is 2.32. The second-order valence-electron chi connectivity index (χ2n) is 5.42. The van der Waals surface area contributed by atoms with Crippen molar-refractivity contribution in [2.75, 3.05) is 33.9 Å². The Morgan fingerprint density at radius 3 is 2.35 bits per heavy atom. The van der Waals surface area contributed by atoms with E-state index in [2.05, 4.69) is 18.9 Å². The predicted octanol–water partition coefficient (Wildman–Crippen LogP) is 2.35. The van der Waals surface area contributed by atoms with Crippen LogP contribution in [-0.4, -0.2) is 44.5 Å². The standard InChI is InChI=1S/C14H27NO2/c1-4-15(2)10-13-7-5-12(6-8-13)9-14(16)11-17-3/h12-13H,4-11H2,1-3H3/t12-,13-. The van der Waals surface area contributed by atoms with E-state index in [4.69, 9.17) is 4.74 Å². The van der Waals surface area contributed by atoms with Gasteiger partial charge in [0, 0.05) is 20.1 Å². The SMILES string of the molecule is CCN(C)C[C@H]1CC[C@H](CC(=O)COC)CC1. The van der Waals surface area contributed by atoms with E-state index in [-0.39, 0.29) is 5.78 Å². The highest BCUT2D eigenvalue weighted by atomic mass is 16.5. The molecule has 17 heavy (non-hydrogen) atoms. The summed E-state index contributed by atoms with van der Waals surface area (Å²) in [6, 6.07) is 0. The molecule has 1 aliphatic rings. The number of nitrogens with zero attached hydrogens (tertiary/aromatic N) is 1. The monoisotopic (exact) mass is 241 g/mol. The zero-order valence-electron chi connectivity index (χ0n) is 11.6. The normalized spacial score (nSPS) is 25.2. The molecule has 1 rings (SSSR count). The molecule has 0 aromatic heterocycles. The molecule has 1 fully saturated rings. The molecule has 0 atom stereocenters. The van der Waals surface area contributed by atoms with E-state index in [1.807, 2.05) is 0 Å². The van der Waals surface area contributed by atoms with E-state index in [1.54, 1.807) is 7.11 Å². The lowest BCUT2D eigenvalue weighted by molar-refractivity contribution is -0.123. The zero-order chi connectivity index (χ0) is 12.7. The van der Waals surface area contributed by atoms with Crippen molar-refractivity contribution in [1.82, 2.24) is 4.90 Å². The lowest BCUT2D eigenvalue weighted by atomic mass is 9.79. The Morgan fingerprint density at radius 2 is 1.82 bits per heavy atom. The molecule has 0 aliphatic heterocycles. The number of rotatable bonds is 7. The topological polar surface area (TPSA) is 29.5 Å². The van der Waals surface area contributed by atoms with Crippen LogP contribution in [0.1, 0.15) is 39.0 Å². The maximum Gasteiger partial charge on any atom is 0.158 e. The summed E-state index contributed by atoms with van der Waals surface area (Å²) in [4.78, 5) is 13.9. The highest BCUT2D eigenvalue weighted by Crippen LogP contribution is 2.31. The maximum atomic E-state index is 11.5. The van der Waals surface area contributed by atoms with Gasteiger partial charge < -0.3 is 9.64 Å². The van der Waals surface area contributed by atoms with Gasteiger partial charge in [0.15, 0.2) is 5.78 Å². The van der Waals surface area contributed by atoms with Crippen LogP contribution < -0.4 is 0 Å². The summed E-state index contributed by atoms with van der Waals surface area (Å²) < 4.78 is 4.88. The van der Waals surface area contributed by atoms with Crippen LogP contribution in [0.25, 0.3) is 0 Å². The van der Waals surface area contributed by atoms with Crippen LogP contribution in [-0.2, 0) is 9.53 Å². The van der Waals surface area contributed by atoms with Crippen LogP contribution in [0.4, 0.5) is 0 Å². The van der Waals surface area contributed by atoms with Gasteiger partial charge in [-0.15, -0.1) is 0 Å². The van der Waals surface area contributed by atoms with Crippen molar-refractivity contribution in [2.45, 2.75) is 39.0 Å². The molecular weight excluding hydrogens is 214 g/mol. The summed E-state index contributed by atoms with van der Waals surface area (Å²) >= 11 is 0. The lowest BCUT2D eigenvalue weighted by Gasteiger charge is -2.30. The first-order valence-corrected chi connectivity index (χ1v) is 6.84. The summed E-state index contributed by atoms with van der Waals surface area (Å²) in [5.41, 5.74) is 0.